The van der Waals surface area contributed by atoms with Crippen LogP contribution in [-0.2, 0) is 4.79 Å². The first-order valence-electron chi connectivity index (χ1n) is 9.16. The average Bonchev–Trinajstić information content (AvgIpc) is 3.08. The number of aryl methyl sites for hydroxylation is 2. The van der Waals surface area contributed by atoms with Gasteiger partial charge in [0.2, 0.25) is 5.91 Å². The molecule has 1 unspecified atom stereocenters. The molecule has 6 heteroatoms. The lowest BCUT2D eigenvalue weighted by atomic mass is 10.1. The minimum Gasteiger partial charge on any atom is -0.324 e. The Morgan fingerprint density at radius 1 is 1.11 bits per heavy atom. The van der Waals surface area contributed by atoms with Crippen LogP contribution in [0, 0.1) is 20.8 Å². The SMILES string of the molecule is Cc1cccc(NC(=O)C(C)n2nc(C)c3sc4ccccc4c3c2=O)c1C. The van der Waals surface area contributed by atoms with Crippen LogP contribution in [-0.4, -0.2) is 15.7 Å². The Morgan fingerprint density at radius 3 is 2.64 bits per heavy atom. The molecule has 0 bridgehead atoms. The Kier molecular flexibility index (Phi) is 4.51. The molecule has 0 aliphatic rings. The molecule has 4 rings (SSSR count). The summed E-state index contributed by atoms with van der Waals surface area (Å²) < 4.78 is 3.23. The summed E-state index contributed by atoms with van der Waals surface area (Å²) in [5, 5.41) is 8.94. The quantitative estimate of drug-likeness (QED) is 0.549. The van der Waals surface area contributed by atoms with Crippen molar-refractivity contribution in [1.29, 1.82) is 0 Å². The molecule has 0 fully saturated rings. The number of nitrogens with one attached hydrogen (secondary N) is 1. The molecule has 28 heavy (non-hydrogen) atoms. The minimum atomic E-state index is -0.728. The Balaban J connectivity index is 1.79. The number of fused-ring (bicyclic) bond motifs is 3. The maximum Gasteiger partial charge on any atom is 0.276 e. The van der Waals surface area contributed by atoms with Gasteiger partial charge in [-0.05, 0) is 51.0 Å². The summed E-state index contributed by atoms with van der Waals surface area (Å²) in [6.45, 7) is 7.55. The van der Waals surface area contributed by atoms with Gasteiger partial charge in [0.15, 0.2) is 0 Å². The molecule has 142 valence electrons. The normalized spacial score (nSPS) is 12.4. The van der Waals surface area contributed by atoms with Gasteiger partial charge in [-0.3, -0.25) is 9.59 Å². The van der Waals surface area contributed by atoms with Crippen molar-refractivity contribution in [3.8, 4) is 0 Å². The molecule has 1 amide bonds. The first-order chi connectivity index (χ1) is 13.4. The number of aromatic nitrogens is 2. The van der Waals surface area contributed by atoms with Crippen LogP contribution in [0.1, 0.15) is 29.8 Å². The van der Waals surface area contributed by atoms with Crippen LogP contribution < -0.4 is 10.9 Å². The Bertz CT molecular complexity index is 1290. The fourth-order valence-corrected chi connectivity index (χ4v) is 4.51. The van der Waals surface area contributed by atoms with Crippen LogP contribution in [0.4, 0.5) is 5.69 Å². The molecule has 0 spiro atoms. The number of carbonyl (C=O) groups is 1. The predicted octanol–water partition coefficient (Wildman–Crippen LogP) is 4.74. The molecule has 1 N–H and O–H groups in total. The number of hydrogen-bond donors (Lipinski definition) is 1. The smallest absolute Gasteiger partial charge is 0.276 e. The zero-order valence-corrected chi connectivity index (χ0v) is 17.1. The van der Waals surface area contributed by atoms with E-state index in [0.29, 0.717) is 5.39 Å². The summed E-state index contributed by atoms with van der Waals surface area (Å²) in [6, 6.07) is 12.9. The third kappa shape index (κ3) is 2.90. The standard InChI is InChI=1S/C22H21N3O2S/c1-12-8-7-10-17(13(12)2)23-21(26)15(4)25-22(27)19-16-9-5-6-11-18(16)28-20(19)14(3)24-25/h5-11,15H,1-4H3,(H,23,26). The van der Waals surface area contributed by atoms with Gasteiger partial charge in [-0.2, -0.15) is 5.10 Å². The second-order valence-corrected chi connectivity index (χ2v) is 8.10. The van der Waals surface area contributed by atoms with E-state index in [1.807, 2.05) is 63.2 Å². The van der Waals surface area contributed by atoms with Crippen molar-refractivity contribution in [3.05, 3.63) is 69.6 Å². The fraction of sp³-hybridized carbons (Fsp3) is 0.227. The lowest BCUT2D eigenvalue weighted by Crippen LogP contribution is -2.34. The number of rotatable bonds is 3. The molecule has 0 aliphatic carbocycles. The van der Waals surface area contributed by atoms with E-state index in [1.165, 1.54) is 4.68 Å². The molecule has 5 nitrogen and oxygen atoms in total. The average molecular weight is 391 g/mol. The second kappa shape index (κ2) is 6.87. The van der Waals surface area contributed by atoms with E-state index in [0.717, 1.165) is 37.3 Å². The van der Waals surface area contributed by atoms with Gasteiger partial charge in [-0.15, -0.1) is 11.3 Å². The van der Waals surface area contributed by atoms with Crippen LogP contribution in [0.2, 0.25) is 0 Å². The number of thiophene rings is 1. The largest absolute Gasteiger partial charge is 0.324 e. The minimum absolute atomic E-state index is 0.235. The second-order valence-electron chi connectivity index (χ2n) is 7.05. The number of benzene rings is 2. The molecule has 2 aromatic carbocycles. The summed E-state index contributed by atoms with van der Waals surface area (Å²) in [5.41, 5.74) is 3.38. The molecule has 2 aromatic heterocycles. The van der Waals surface area contributed by atoms with Crippen molar-refractivity contribution in [2.24, 2.45) is 0 Å². The summed E-state index contributed by atoms with van der Waals surface area (Å²) in [5.74, 6) is -0.262. The summed E-state index contributed by atoms with van der Waals surface area (Å²) in [7, 11) is 0. The molecule has 0 saturated carbocycles. The Labute approximate surface area is 166 Å². The van der Waals surface area contributed by atoms with Gasteiger partial charge in [0.05, 0.1) is 15.8 Å². The zero-order chi connectivity index (χ0) is 20.0. The third-order valence-electron chi connectivity index (χ3n) is 5.21. The van der Waals surface area contributed by atoms with E-state index in [1.54, 1.807) is 18.3 Å². The van der Waals surface area contributed by atoms with Gasteiger partial charge < -0.3 is 5.32 Å². The lowest BCUT2D eigenvalue weighted by Gasteiger charge is -2.16. The molecule has 2 heterocycles. The van der Waals surface area contributed by atoms with Crippen LogP contribution in [0.5, 0.6) is 0 Å². The summed E-state index contributed by atoms with van der Waals surface area (Å²) in [6.07, 6.45) is 0. The van der Waals surface area contributed by atoms with E-state index >= 15 is 0 Å². The van der Waals surface area contributed by atoms with Crippen molar-refractivity contribution in [2.75, 3.05) is 5.32 Å². The first-order valence-corrected chi connectivity index (χ1v) is 9.98. The fourth-order valence-electron chi connectivity index (χ4n) is 3.38. The van der Waals surface area contributed by atoms with E-state index < -0.39 is 6.04 Å². The van der Waals surface area contributed by atoms with E-state index in [9.17, 15) is 9.59 Å². The van der Waals surface area contributed by atoms with E-state index in [2.05, 4.69) is 10.4 Å². The predicted molar refractivity (Wildman–Crippen MR) is 115 cm³/mol. The number of amides is 1. The van der Waals surface area contributed by atoms with Gasteiger partial charge in [0.1, 0.15) is 6.04 Å². The summed E-state index contributed by atoms with van der Waals surface area (Å²) in [4.78, 5) is 26.1. The lowest BCUT2D eigenvalue weighted by molar-refractivity contribution is -0.119. The van der Waals surface area contributed by atoms with Gasteiger partial charge in [0, 0.05) is 15.8 Å². The molecule has 0 radical (unpaired) electrons. The van der Waals surface area contributed by atoms with Crippen molar-refractivity contribution >= 4 is 43.1 Å². The number of nitrogens with zero attached hydrogens (tertiary/aromatic N) is 2. The molecule has 0 aliphatic heterocycles. The Morgan fingerprint density at radius 2 is 1.86 bits per heavy atom. The molecule has 0 saturated heterocycles. The van der Waals surface area contributed by atoms with Crippen molar-refractivity contribution in [3.63, 3.8) is 0 Å². The number of hydrogen-bond acceptors (Lipinski definition) is 4. The molecular weight excluding hydrogens is 370 g/mol. The third-order valence-corrected chi connectivity index (χ3v) is 6.49. The van der Waals surface area contributed by atoms with E-state index in [-0.39, 0.29) is 11.5 Å². The number of carbonyl (C=O) groups excluding carboxylic acids is 1. The van der Waals surface area contributed by atoms with Crippen LogP contribution in [0.3, 0.4) is 0 Å². The topological polar surface area (TPSA) is 64.0 Å². The van der Waals surface area contributed by atoms with Gasteiger partial charge in [-0.25, -0.2) is 4.68 Å². The van der Waals surface area contributed by atoms with Crippen molar-refractivity contribution in [2.45, 2.75) is 33.7 Å². The Hall–Kier alpha value is -2.99. The first kappa shape index (κ1) is 18.4. The highest BCUT2D eigenvalue weighted by Gasteiger charge is 2.22. The van der Waals surface area contributed by atoms with Crippen molar-refractivity contribution in [1.82, 2.24) is 9.78 Å². The maximum atomic E-state index is 13.2. The number of anilines is 1. The van der Waals surface area contributed by atoms with Gasteiger partial charge in [0.25, 0.3) is 5.56 Å². The van der Waals surface area contributed by atoms with Crippen molar-refractivity contribution < 1.29 is 4.79 Å². The summed E-state index contributed by atoms with van der Waals surface area (Å²) >= 11 is 1.56. The highest BCUT2D eigenvalue weighted by molar-refractivity contribution is 7.26. The van der Waals surface area contributed by atoms with Crippen LogP contribution in [0.25, 0.3) is 20.2 Å². The van der Waals surface area contributed by atoms with E-state index in [4.69, 9.17) is 0 Å². The highest BCUT2D eigenvalue weighted by atomic mass is 32.1. The molecule has 4 aromatic rings. The highest BCUT2D eigenvalue weighted by Crippen LogP contribution is 2.33. The monoisotopic (exact) mass is 391 g/mol. The van der Waals surface area contributed by atoms with Crippen LogP contribution >= 0.6 is 11.3 Å². The van der Waals surface area contributed by atoms with Crippen LogP contribution in [0.15, 0.2) is 47.3 Å². The molecule has 1 atom stereocenters. The van der Waals surface area contributed by atoms with Gasteiger partial charge in [-0.1, -0.05) is 30.3 Å². The van der Waals surface area contributed by atoms with Gasteiger partial charge >= 0.3 is 0 Å². The molecular formula is C22H21N3O2S. The maximum absolute atomic E-state index is 13.2. The zero-order valence-electron chi connectivity index (χ0n) is 16.2.